The molecule has 0 unspecified atom stereocenters. The van der Waals surface area contributed by atoms with Crippen LogP contribution in [0.3, 0.4) is 0 Å². The Kier molecular flexibility index (Phi) is 4.01. The first kappa shape index (κ1) is 13.4. The van der Waals surface area contributed by atoms with Crippen molar-refractivity contribution in [2.24, 2.45) is 0 Å². The van der Waals surface area contributed by atoms with E-state index in [0.717, 1.165) is 30.6 Å². The smallest absolute Gasteiger partial charge is 0.248 e. The van der Waals surface area contributed by atoms with E-state index in [0.29, 0.717) is 0 Å². The van der Waals surface area contributed by atoms with Crippen LogP contribution in [0, 0.1) is 0 Å². The van der Waals surface area contributed by atoms with Crippen molar-refractivity contribution in [3.8, 4) is 0 Å². The van der Waals surface area contributed by atoms with Crippen molar-refractivity contribution in [3.05, 3.63) is 65.7 Å². The van der Waals surface area contributed by atoms with E-state index in [1.807, 2.05) is 48.5 Å². The molecular weight excluding hydrogens is 260 g/mol. The maximum atomic E-state index is 11.9. The van der Waals surface area contributed by atoms with Gasteiger partial charge in [-0.25, -0.2) is 0 Å². The molecule has 0 saturated heterocycles. The second kappa shape index (κ2) is 6.27. The number of hydrogen-bond donors (Lipinski definition) is 2. The third kappa shape index (κ3) is 3.51. The number of fused-ring (bicyclic) bond motifs is 1. The molecule has 0 bridgehead atoms. The molecule has 106 valence electrons. The first-order chi connectivity index (χ1) is 10.3. The van der Waals surface area contributed by atoms with Gasteiger partial charge in [0.05, 0.1) is 0 Å². The van der Waals surface area contributed by atoms with Gasteiger partial charge in [-0.2, -0.15) is 0 Å². The van der Waals surface area contributed by atoms with E-state index in [1.165, 1.54) is 11.3 Å². The van der Waals surface area contributed by atoms with Crippen LogP contribution in [0.1, 0.15) is 17.5 Å². The zero-order chi connectivity index (χ0) is 14.5. The third-order valence-electron chi connectivity index (χ3n) is 3.54. The summed E-state index contributed by atoms with van der Waals surface area (Å²) in [5.74, 6) is -0.109. The van der Waals surface area contributed by atoms with Gasteiger partial charge in [-0.1, -0.05) is 30.3 Å². The molecular formula is C18H18N2O. The number of rotatable bonds is 3. The van der Waals surface area contributed by atoms with Gasteiger partial charge in [0.1, 0.15) is 0 Å². The lowest BCUT2D eigenvalue weighted by Crippen LogP contribution is -2.13. The summed E-state index contributed by atoms with van der Waals surface area (Å²) < 4.78 is 0. The van der Waals surface area contributed by atoms with E-state index in [4.69, 9.17) is 0 Å². The highest BCUT2D eigenvalue weighted by molar-refractivity contribution is 6.02. The van der Waals surface area contributed by atoms with Gasteiger partial charge in [0.15, 0.2) is 0 Å². The highest BCUT2D eigenvalue weighted by Gasteiger charge is 2.09. The van der Waals surface area contributed by atoms with Crippen LogP contribution in [-0.2, 0) is 11.2 Å². The second-order valence-electron chi connectivity index (χ2n) is 5.14. The van der Waals surface area contributed by atoms with Crippen molar-refractivity contribution < 1.29 is 4.79 Å². The Balaban J connectivity index is 1.66. The van der Waals surface area contributed by atoms with Gasteiger partial charge < -0.3 is 10.6 Å². The van der Waals surface area contributed by atoms with Gasteiger partial charge in [0.2, 0.25) is 5.91 Å². The summed E-state index contributed by atoms with van der Waals surface area (Å²) in [4.78, 5) is 11.9. The van der Waals surface area contributed by atoms with E-state index < -0.39 is 0 Å². The molecule has 0 radical (unpaired) electrons. The average Bonchev–Trinajstić information content (AvgIpc) is 2.54. The van der Waals surface area contributed by atoms with Crippen LogP contribution in [-0.4, -0.2) is 12.5 Å². The fourth-order valence-corrected chi connectivity index (χ4v) is 2.47. The van der Waals surface area contributed by atoms with Crippen LogP contribution in [0.15, 0.2) is 54.6 Å². The zero-order valence-electron chi connectivity index (χ0n) is 11.8. The number of amides is 1. The number of carbonyl (C=O) groups excluding carboxylic acids is 1. The van der Waals surface area contributed by atoms with Crippen molar-refractivity contribution >= 4 is 23.4 Å². The Hall–Kier alpha value is -2.55. The summed E-state index contributed by atoms with van der Waals surface area (Å²) in [5, 5.41) is 6.27. The zero-order valence-corrected chi connectivity index (χ0v) is 11.8. The molecule has 3 nitrogen and oxygen atoms in total. The van der Waals surface area contributed by atoms with Crippen LogP contribution in [0.5, 0.6) is 0 Å². The minimum Gasteiger partial charge on any atom is -0.385 e. The van der Waals surface area contributed by atoms with E-state index in [2.05, 4.69) is 16.7 Å². The first-order valence-electron chi connectivity index (χ1n) is 7.22. The van der Waals surface area contributed by atoms with E-state index >= 15 is 0 Å². The van der Waals surface area contributed by atoms with Crippen molar-refractivity contribution in [1.82, 2.24) is 0 Å². The van der Waals surface area contributed by atoms with Gasteiger partial charge in [-0.15, -0.1) is 0 Å². The lowest BCUT2D eigenvalue weighted by Gasteiger charge is -2.18. The molecule has 0 saturated carbocycles. The van der Waals surface area contributed by atoms with Crippen LogP contribution in [0.4, 0.5) is 11.4 Å². The van der Waals surface area contributed by atoms with Crippen LogP contribution in [0.2, 0.25) is 0 Å². The molecule has 2 aromatic rings. The van der Waals surface area contributed by atoms with Crippen LogP contribution in [0.25, 0.3) is 6.08 Å². The molecule has 1 aliphatic heterocycles. The van der Waals surface area contributed by atoms with Crippen LogP contribution < -0.4 is 10.6 Å². The summed E-state index contributed by atoms with van der Waals surface area (Å²) in [6.45, 7) is 1.03. The van der Waals surface area contributed by atoms with Crippen molar-refractivity contribution in [3.63, 3.8) is 0 Å². The van der Waals surface area contributed by atoms with E-state index in [9.17, 15) is 4.79 Å². The highest BCUT2D eigenvalue weighted by atomic mass is 16.1. The first-order valence-corrected chi connectivity index (χ1v) is 7.22. The van der Waals surface area contributed by atoms with E-state index in [1.54, 1.807) is 6.08 Å². The largest absolute Gasteiger partial charge is 0.385 e. The van der Waals surface area contributed by atoms with Gasteiger partial charge in [0, 0.05) is 24.0 Å². The Morgan fingerprint density at radius 1 is 1.14 bits per heavy atom. The summed E-state index contributed by atoms with van der Waals surface area (Å²) in [7, 11) is 0. The lowest BCUT2D eigenvalue weighted by atomic mass is 10.0. The highest BCUT2D eigenvalue weighted by Crippen LogP contribution is 2.25. The topological polar surface area (TPSA) is 41.1 Å². The Labute approximate surface area is 124 Å². The number of anilines is 2. The molecule has 0 fully saturated rings. The fourth-order valence-electron chi connectivity index (χ4n) is 2.47. The number of nitrogens with one attached hydrogen (secondary N) is 2. The third-order valence-corrected chi connectivity index (χ3v) is 3.54. The molecule has 0 spiro atoms. The SMILES string of the molecule is O=C(C=Cc1ccccc1)Nc1ccc2c(c1)CCCN2. The normalized spacial score (nSPS) is 13.5. The molecule has 2 N–H and O–H groups in total. The maximum Gasteiger partial charge on any atom is 0.248 e. The minimum atomic E-state index is -0.109. The molecule has 2 aromatic carbocycles. The lowest BCUT2D eigenvalue weighted by molar-refractivity contribution is -0.111. The van der Waals surface area contributed by atoms with Gasteiger partial charge in [-0.05, 0) is 48.2 Å². The molecule has 0 aromatic heterocycles. The molecule has 21 heavy (non-hydrogen) atoms. The molecule has 1 amide bonds. The van der Waals surface area contributed by atoms with E-state index in [-0.39, 0.29) is 5.91 Å². The number of benzene rings is 2. The molecule has 3 rings (SSSR count). The van der Waals surface area contributed by atoms with Crippen LogP contribution >= 0.6 is 0 Å². The Bertz CT molecular complexity index is 662. The summed E-state index contributed by atoms with van der Waals surface area (Å²) in [6, 6.07) is 15.8. The molecule has 0 atom stereocenters. The quantitative estimate of drug-likeness (QED) is 0.841. The van der Waals surface area contributed by atoms with Gasteiger partial charge in [0.25, 0.3) is 0 Å². The molecule has 1 heterocycles. The summed E-state index contributed by atoms with van der Waals surface area (Å²) in [6.07, 6.45) is 5.58. The van der Waals surface area contributed by atoms with Crippen molar-refractivity contribution in [1.29, 1.82) is 0 Å². The van der Waals surface area contributed by atoms with Crippen molar-refractivity contribution in [2.75, 3.05) is 17.2 Å². The summed E-state index contributed by atoms with van der Waals surface area (Å²) in [5.41, 5.74) is 4.31. The Morgan fingerprint density at radius 2 is 2.00 bits per heavy atom. The maximum absolute atomic E-state index is 11.9. The monoisotopic (exact) mass is 278 g/mol. The number of hydrogen-bond acceptors (Lipinski definition) is 2. The fraction of sp³-hybridized carbons (Fsp3) is 0.167. The standard InChI is InChI=1S/C18H18N2O/c21-18(11-8-14-5-2-1-3-6-14)20-16-9-10-17-15(13-16)7-4-12-19-17/h1-3,5-6,8-11,13,19H,4,7,12H2,(H,20,21). The van der Waals surface area contributed by atoms with Gasteiger partial charge in [-0.3, -0.25) is 4.79 Å². The minimum absolute atomic E-state index is 0.109. The van der Waals surface area contributed by atoms with Gasteiger partial charge >= 0.3 is 0 Å². The predicted molar refractivity (Wildman–Crippen MR) is 87.4 cm³/mol. The average molecular weight is 278 g/mol. The molecule has 3 heteroatoms. The molecule has 0 aliphatic carbocycles. The Morgan fingerprint density at radius 3 is 2.86 bits per heavy atom. The molecule has 1 aliphatic rings. The predicted octanol–water partition coefficient (Wildman–Crippen LogP) is 3.70. The van der Waals surface area contributed by atoms with Crippen molar-refractivity contribution in [2.45, 2.75) is 12.8 Å². The number of carbonyl (C=O) groups is 1. The summed E-state index contributed by atoms with van der Waals surface area (Å²) >= 11 is 0. The number of aryl methyl sites for hydroxylation is 1. The second-order valence-corrected chi connectivity index (χ2v) is 5.14.